The summed E-state index contributed by atoms with van der Waals surface area (Å²) in [6.07, 6.45) is 1.86. The summed E-state index contributed by atoms with van der Waals surface area (Å²) in [7, 11) is 1.93. The van der Waals surface area contributed by atoms with Crippen molar-refractivity contribution in [3.8, 4) is 0 Å². The van der Waals surface area contributed by atoms with Crippen molar-refractivity contribution in [3.63, 3.8) is 0 Å². The van der Waals surface area contributed by atoms with Gasteiger partial charge in [-0.15, -0.1) is 0 Å². The fourth-order valence-electron chi connectivity index (χ4n) is 2.57. The van der Waals surface area contributed by atoms with Crippen LogP contribution in [0.4, 0.5) is 0 Å². The van der Waals surface area contributed by atoms with Gasteiger partial charge in [0.2, 0.25) is 0 Å². The fourth-order valence-corrected chi connectivity index (χ4v) is 3.16. The Kier molecular flexibility index (Phi) is 3.45. The van der Waals surface area contributed by atoms with Gasteiger partial charge in [-0.1, -0.05) is 40.3 Å². The number of nitrogens with one attached hydrogen (secondary N) is 1. The summed E-state index contributed by atoms with van der Waals surface area (Å²) in [5.74, 6) is 0. The van der Waals surface area contributed by atoms with Crippen molar-refractivity contribution in [3.05, 3.63) is 51.8 Å². The summed E-state index contributed by atoms with van der Waals surface area (Å²) in [5.41, 5.74) is 3.26. The van der Waals surface area contributed by atoms with E-state index in [-0.39, 0.29) is 0 Å². The van der Waals surface area contributed by atoms with E-state index >= 15 is 0 Å². The topological polar surface area (TPSA) is 42.2 Å². The molecule has 6 heteroatoms. The number of aromatic nitrogens is 2. The minimum absolute atomic E-state index is 0.679. The van der Waals surface area contributed by atoms with Crippen LogP contribution in [0.2, 0.25) is 0 Å². The second kappa shape index (κ2) is 5.03. The SMILES string of the molecule is CC1=NC(c2cccc(Br)c2)(c2cnn(C)c2C)NC1=S. The molecule has 1 unspecified atom stereocenters. The van der Waals surface area contributed by atoms with E-state index in [4.69, 9.17) is 17.2 Å². The smallest absolute Gasteiger partial charge is 0.186 e. The number of rotatable bonds is 2. The first-order chi connectivity index (χ1) is 9.94. The fraction of sp³-hybridized carbons (Fsp3) is 0.267. The number of nitrogens with zero attached hydrogens (tertiary/aromatic N) is 3. The zero-order valence-electron chi connectivity index (χ0n) is 12.0. The molecule has 0 saturated carbocycles. The van der Waals surface area contributed by atoms with Crippen molar-refractivity contribution in [2.75, 3.05) is 0 Å². The number of benzene rings is 1. The molecular formula is C15H15BrN4S. The molecule has 1 aliphatic rings. The Balaban J connectivity index is 2.27. The number of hydrogen-bond acceptors (Lipinski definition) is 3. The van der Waals surface area contributed by atoms with Crippen molar-refractivity contribution in [2.45, 2.75) is 19.5 Å². The van der Waals surface area contributed by atoms with Gasteiger partial charge in [0.05, 0.1) is 11.9 Å². The van der Waals surface area contributed by atoms with Crippen LogP contribution in [0, 0.1) is 6.92 Å². The molecule has 2 heterocycles. The second-order valence-electron chi connectivity index (χ2n) is 5.14. The van der Waals surface area contributed by atoms with Gasteiger partial charge in [-0.3, -0.25) is 4.68 Å². The van der Waals surface area contributed by atoms with E-state index in [9.17, 15) is 0 Å². The summed E-state index contributed by atoms with van der Waals surface area (Å²) < 4.78 is 2.86. The number of halogens is 1. The summed E-state index contributed by atoms with van der Waals surface area (Å²) in [5, 5.41) is 7.74. The third-order valence-corrected chi connectivity index (χ3v) is 4.72. The van der Waals surface area contributed by atoms with Gasteiger partial charge in [0, 0.05) is 28.3 Å². The Morgan fingerprint density at radius 3 is 2.62 bits per heavy atom. The van der Waals surface area contributed by atoms with Crippen LogP contribution in [0.3, 0.4) is 0 Å². The largest absolute Gasteiger partial charge is 0.343 e. The van der Waals surface area contributed by atoms with Crippen molar-refractivity contribution in [2.24, 2.45) is 12.0 Å². The molecule has 0 spiro atoms. The first-order valence-corrected chi connectivity index (χ1v) is 7.78. The van der Waals surface area contributed by atoms with E-state index in [1.165, 1.54) is 0 Å². The van der Waals surface area contributed by atoms with Gasteiger partial charge in [-0.2, -0.15) is 5.10 Å². The van der Waals surface area contributed by atoms with Gasteiger partial charge < -0.3 is 5.32 Å². The van der Waals surface area contributed by atoms with E-state index in [0.29, 0.717) is 4.99 Å². The van der Waals surface area contributed by atoms with Crippen molar-refractivity contribution in [1.29, 1.82) is 0 Å². The average Bonchev–Trinajstić information content (AvgIpc) is 2.93. The van der Waals surface area contributed by atoms with Crippen LogP contribution in [0.5, 0.6) is 0 Å². The van der Waals surface area contributed by atoms with E-state index in [1.54, 1.807) is 0 Å². The average molecular weight is 363 g/mol. The monoisotopic (exact) mass is 362 g/mol. The molecule has 1 aliphatic heterocycles. The maximum absolute atomic E-state index is 5.39. The van der Waals surface area contributed by atoms with Gasteiger partial charge in [0.1, 0.15) is 4.99 Å². The zero-order chi connectivity index (χ0) is 15.2. The highest BCUT2D eigenvalue weighted by atomic mass is 79.9. The van der Waals surface area contributed by atoms with E-state index < -0.39 is 5.66 Å². The summed E-state index contributed by atoms with van der Waals surface area (Å²) in [6.45, 7) is 3.97. The minimum atomic E-state index is -0.691. The number of aliphatic imine (C=N–C) groups is 1. The highest BCUT2D eigenvalue weighted by Crippen LogP contribution is 2.37. The van der Waals surface area contributed by atoms with Crippen molar-refractivity contribution < 1.29 is 0 Å². The summed E-state index contributed by atoms with van der Waals surface area (Å²) in [6, 6.07) is 8.11. The van der Waals surface area contributed by atoms with Crippen LogP contribution < -0.4 is 5.32 Å². The Labute approximate surface area is 137 Å². The van der Waals surface area contributed by atoms with Gasteiger partial charge >= 0.3 is 0 Å². The van der Waals surface area contributed by atoms with Gasteiger partial charge in [0.25, 0.3) is 0 Å². The minimum Gasteiger partial charge on any atom is -0.343 e. The standard InChI is InChI=1S/C15H15BrN4S/c1-9-14(21)19-15(18-9,11-5-4-6-12(16)7-11)13-8-17-20(3)10(13)2/h4-8H,1-3H3,(H,19,21). The van der Waals surface area contributed by atoms with Crippen LogP contribution in [-0.2, 0) is 12.7 Å². The molecule has 108 valence electrons. The molecule has 1 aromatic carbocycles. The van der Waals surface area contributed by atoms with E-state index in [1.807, 2.05) is 43.9 Å². The molecule has 1 aromatic heterocycles. The molecule has 0 fully saturated rings. The van der Waals surface area contributed by atoms with Crippen LogP contribution in [-0.4, -0.2) is 20.5 Å². The number of aryl methyl sites for hydroxylation is 1. The molecule has 0 aliphatic carbocycles. The Morgan fingerprint density at radius 2 is 2.10 bits per heavy atom. The lowest BCUT2D eigenvalue weighted by Crippen LogP contribution is -2.40. The zero-order valence-corrected chi connectivity index (χ0v) is 14.4. The normalized spacial score (nSPS) is 21.3. The third-order valence-electron chi connectivity index (χ3n) is 3.83. The lowest BCUT2D eigenvalue weighted by molar-refractivity contribution is 0.519. The second-order valence-corrected chi connectivity index (χ2v) is 6.46. The molecule has 4 nitrogen and oxygen atoms in total. The van der Waals surface area contributed by atoms with Crippen LogP contribution in [0.25, 0.3) is 0 Å². The van der Waals surface area contributed by atoms with Crippen LogP contribution in [0.15, 0.2) is 39.9 Å². The summed E-state index contributed by atoms with van der Waals surface area (Å²) >= 11 is 8.92. The predicted molar refractivity (Wildman–Crippen MR) is 91.7 cm³/mol. The highest BCUT2D eigenvalue weighted by molar-refractivity contribution is 9.10. The maximum Gasteiger partial charge on any atom is 0.186 e. The lowest BCUT2D eigenvalue weighted by Gasteiger charge is -2.28. The Hall–Kier alpha value is -1.53. The molecule has 1 atom stereocenters. The predicted octanol–water partition coefficient (Wildman–Crippen LogP) is 3.08. The van der Waals surface area contributed by atoms with Crippen molar-refractivity contribution in [1.82, 2.24) is 15.1 Å². The maximum atomic E-state index is 5.39. The molecule has 0 amide bonds. The molecule has 21 heavy (non-hydrogen) atoms. The van der Waals surface area contributed by atoms with E-state index in [0.717, 1.165) is 27.0 Å². The number of thiocarbonyl (C=S) groups is 1. The first kappa shape index (κ1) is 14.4. The molecule has 0 radical (unpaired) electrons. The third kappa shape index (κ3) is 2.22. The first-order valence-electron chi connectivity index (χ1n) is 6.58. The van der Waals surface area contributed by atoms with Gasteiger partial charge in [-0.05, 0) is 26.0 Å². The quantitative estimate of drug-likeness (QED) is 0.834. The molecule has 2 aromatic rings. The Bertz CT molecular complexity index is 765. The molecule has 0 bridgehead atoms. The van der Waals surface area contributed by atoms with E-state index in [2.05, 4.69) is 38.5 Å². The van der Waals surface area contributed by atoms with Gasteiger partial charge in [0.15, 0.2) is 5.66 Å². The molecule has 1 N–H and O–H groups in total. The highest BCUT2D eigenvalue weighted by Gasteiger charge is 2.42. The van der Waals surface area contributed by atoms with Gasteiger partial charge in [-0.25, -0.2) is 4.99 Å². The lowest BCUT2D eigenvalue weighted by atomic mass is 9.92. The molecular weight excluding hydrogens is 348 g/mol. The van der Waals surface area contributed by atoms with Crippen LogP contribution >= 0.6 is 28.1 Å². The molecule has 3 rings (SSSR count). The van der Waals surface area contributed by atoms with Crippen LogP contribution in [0.1, 0.15) is 23.7 Å². The van der Waals surface area contributed by atoms with Crippen molar-refractivity contribution >= 4 is 38.8 Å². The Morgan fingerprint density at radius 1 is 1.33 bits per heavy atom. The number of hydrogen-bond donors (Lipinski definition) is 1. The molecule has 0 saturated heterocycles. The summed E-state index contributed by atoms with van der Waals surface area (Å²) in [4.78, 5) is 5.53.